The third-order valence-electron chi connectivity index (χ3n) is 3.37. The molecule has 0 amide bonds. The largest absolute Gasteiger partial charge is 0.342 e. The second kappa shape index (κ2) is 5.73. The molecule has 1 heterocycles. The molecule has 0 aliphatic carbocycles. The third-order valence-corrected chi connectivity index (χ3v) is 3.37. The van der Waals surface area contributed by atoms with Gasteiger partial charge in [0.1, 0.15) is 11.8 Å². The number of rotatable bonds is 4. The summed E-state index contributed by atoms with van der Waals surface area (Å²) in [4.78, 5) is 0. The summed E-state index contributed by atoms with van der Waals surface area (Å²) in [5.41, 5.74) is 4.39. The Labute approximate surface area is 114 Å². The highest BCUT2D eigenvalue weighted by Gasteiger charge is 2.06. The highest BCUT2D eigenvalue weighted by atomic mass is 14.9. The first-order chi connectivity index (χ1) is 9.10. The fraction of sp³-hybridized carbons (Fsp3) is 0.312. The summed E-state index contributed by atoms with van der Waals surface area (Å²) in [6.45, 7) is 5.01. The van der Waals surface area contributed by atoms with Crippen LogP contribution in [0.25, 0.3) is 0 Å². The molecule has 3 heteroatoms. The van der Waals surface area contributed by atoms with E-state index in [1.807, 2.05) is 23.9 Å². The van der Waals surface area contributed by atoms with Gasteiger partial charge in [-0.2, -0.15) is 5.26 Å². The van der Waals surface area contributed by atoms with Crippen LogP contribution in [0.4, 0.5) is 0 Å². The maximum atomic E-state index is 8.92. The van der Waals surface area contributed by atoms with Crippen LogP contribution in [0, 0.1) is 18.3 Å². The number of aromatic nitrogens is 1. The van der Waals surface area contributed by atoms with Crippen LogP contribution in [0.15, 0.2) is 36.5 Å². The summed E-state index contributed by atoms with van der Waals surface area (Å²) in [5.74, 6) is 0. The molecule has 1 N–H and O–H groups in total. The third kappa shape index (κ3) is 3.24. The van der Waals surface area contributed by atoms with Crippen LogP contribution in [0.2, 0.25) is 0 Å². The van der Waals surface area contributed by atoms with E-state index in [0.717, 1.165) is 12.1 Å². The molecule has 0 fully saturated rings. The van der Waals surface area contributed by atoms with E-state index < -0.39 is 0 Å². The molecular weight excluding hydrogens is 234 g/mol. The van der Waals surface area contributed by atoms with Crippen molar-refractivity contribution in [3.63, 3.8) is 0 Å². The molecule has 98 valence electrons. The van der Waals surface area contributed by atoms with Crippen LogP contribution in [-0.4, -0.2) is 4.57 Å². The summed E-state index contributed by atoms with van der Waals surface area (Å²) < 4.78 is 1.85. The Balaban J connectivity index is 1.98. The van der Waals surface area contributed by atoms with E-state index in [-0.39, 0.29) is 0 Å². The lowest BCUT2D eigenvalue weighted by Gasteiger charge is -2.13. The van der Waals surface area contributed by atoms with Crippen molar-refractivity contribution in [3.8, 4) is 6.07 Å². The predicted octanol–water partition coefficient (Wildman–Crippen LogP) is 3.06. The van der Waals surface area contributed by atoms with E-state index in [9.17, 15) is 0 Å². The second-order valence-electron chi connectivity index (χ2n) is 4.97. The van der Waals surface area contributed by atoms with Crippen molar-refractivity contribution < 1.29 is 0 Å². The molecule has 0 bridgehead atoms. The molecule has 2 aromatic rings. The SMILES string of the molecule is Cc1ccc([C@@H](C)NCc2cc(C#N)n(C)c2)cc1. The van der Waals surface area contributed by atoms with Gasteiger partial charge in [0.15, 0.2) is 0 Å². The zero-order valence-corrected chi connectivity index (χ0v) is 11.6. The van der Waals surface area contributed by atoms with Gasteiger partial charge in [0.25, 0.3) is 0 Å². The zero-order valence-electron chi connectivity index (χ0n) is 11.6. The van der Waals surface area contributed by atoms with Crippen molar-refractivity contribution in [3.05, 3.63) is 58.9 Å². The molecule has 0 unspecified atom stereocenters. The molecule has 0 aliphatic rings. The number of hydrogen-bond donors (Lipinski definition) is 1. The average Bonchev–Trinajstić information content (AvgIpc) is 2.77. The first-order valence-corrected chi connectivity index (χ1v) is 6.45. The van der Waals surface area contributed by atoms with Gasteiger partial charge in [-0.15, -0.1) is 0 Å². The molecule has 0 saturated carbocycles. The van der Waals surface area contributed by atoms with E-state index in [0.29, 0.717) is 11.7 Å². The highest BCUT2D eigenvalue weighted by Crippen LogP contribution is 2.14. The summed E-state index contributed by atoms with van der Waals surface area (Å²) in [5, 5.41) is 12.4. The van der Waals surface area contributed by atoms with Crippen LogP contribution in [0.1, 0.15) is 35.3 Å². The fourth-order valence-corrected chi connectivity index (χ4v) is 2.08. The molecule has 1 aromatic heterocycles. The fourth-order valence-electron chi connectivity index (χ4n) is 2.08. The van der Waals surface area contributed by atoms with Crippen LogP contribution < -0.4 is 5.32 Å². The minimum atomic E-state index is 0.298. The zero-order chi connectivity index (χ0) is 13.8. The number of nitrogens with one attached hydrogen (secondary N) is 1. The summed E-state index contributed by atoms with van der Waals surface area (Å²) in [6, 6.07) is 13.0. The first-order valence-electron chi connectivity index (χ1n) is 6.45. The highest BCUT2D eigenvalue weighted by molar-refractivity contribution is 5.29. The lowest BCUT2D eigenvalue weighted by molar-refractivity contribution is 0.574. The van der Waals surface area contributed by atoms with Gasteiger partial charge < -0.3 is 9.88 Å². The average molecular weight is 253 g/mol. The van der Waals surface area contributed by atoms with Crippen molar-refractivity contribution in [1.29, 1.82) is 5.26 Å². The van der Waals surface area contributed by atoms with E-state index >= 15 is 0 Å². The van der Waals surface area contributed by atoms with Gasteiger partial charge >= 0.3 is 0 Å². The minimum Gasteiger partial charge on any atom is -0.342 e. The normalized spacial score (nSPS) is 12.1. The number of nitrogens with zero attached hydrogens (tertiary/aromatic N) is 2. The molecule has 19 heavy (non-hydrogen) atoms. The Morgan fingerprint density at radius 3 is 2.58 bits per heavy atom. The van der Waals surface area contributed by atoms with E-state index in [2.05, 4.69) is 49.5 Å². The van der Waals surface area contributed by atoms with Gasteiger partial charge in [-0.1, -0.05) is 29.8 Å². The Morgan fingerprint density at radius 1 is 1.32 bits per heavy atom. The monoisotopic (exact) mass is 253 g/mol. The van der Waals surface area contributed by atoms with Crippen molar-refractivity contribution in [1.82, 2.24) is 9.88 Å². The Hall–Kier alpha value is -2.05. The van der Waals surface area contributed by atoms with Gasteiger partial charge in [0, 0.05) is 25.8 Å². The molecule has 1 atom stereocenters. The van der Waals surface area contributed by atoms with Crippen LogP contribution >= 0.6 is 0 Å². The Morgan fingerprint density at radius 2 is 2.00 bits per heavy atom. The van der Waals surface area contributed by atoms with Crippen LogP contribution in [-0.2, 0) is 13.6 Å². The minimum absolute atomic E-state index is 0.298. The van der Waals surface area contributed by atoms with Gasteiger partial charge in [-0.25, -0.2) is 0 Å². The molecule has 0 radical (unpaired) electrons. The first kappa shape index (κ1) is 13.4. The maximum Gasteiger partial charge on any atom is 0.120 e. The van der Waals surface area contributed by atoms with Crippen molar-refractivity contribution in [2.45, 2.75) is 26.4 Å². The van der Waals surface area contributed by atoms with E-state index in [4.69, 9.17) is 5.26 Å². The predicted molar refractivity (Wildman–Crippen MR) is 76.6 cm³/mol. The Bertz CT molecular complexity index is 587. The number of benzene rings is 1. The van der Waals surface area contributed by atoms with Gasteiger partial charge in [-0.3, -0.25) is 0 Å². The van der Waals surface area contributed by atoms with Gasteiger partial charge in [0.2, 0.25) is 0 Å². The topological polar surface area (TPSA) is 40.8 Å². The molecule has 2 rings (SSSR count). The van der Waals surface area contributed by atoms with E-state index in [1.165, 1.54) is 11.1 Å². The molecular formula is C16H19N3. The van der Waals surface area contributed by atoms with Gasteiger partial charge in [-0.05, 0) is 31.0 Å². The van der Waals surface area contributed by atoms with Crippen molar-refractivity contribution in [2.24, 2.45) is 7.05 Å². The standard InChI is InChI=1S/C16H19N3/c1-12-4-6-15(7-5-12)13(2)18-10-14-8-16(9-17)19(3)11-14/h4-8,11,13,18H,10H2,1-3H3/t13-/m1/s1. The smallest absolute Gasteiger partial charge is 0.120 e. The second-order valence-corrected chi connectivity index (χ2v) is 4.97. The summed E-state index contributed by atoms with van der Waals surface area (Å²) in [6.07, 6.45) is 1.99. The van der Waals surface area contributed by atoms with E-state index in [1.54, 1.807) is 0 Å². The lowest BCUT2D eigenvalue weighted by Crippen LogP contribution is -2.17. The molecule has 1 aromatic carbocycles. The van der Waals surface area contributed by atoms with Gasteiger partial charge in [0.05, 0.1) is 0 Å². The van der Waals surface area contributed by atoms with Crippen molar-refractivity contribution in [2.75, 3.05) is 0 Å². The van der Waals surface area contributed by atoms with Crippen LogP contribution in [0.5, 0.6) is 0 Å². The number of nitriles is 1. The maximum absolute atomic E-state index is 8.92. The Kier molecular flexibility index (Phi) is 4.03. The molecule has 0 saturated heterocycles. The quantitative estimate of drug-likeness (QED) is 0.909. The molecule has 3 nitrogen and oxygen atoms in total. The molecule has 0 aliphatic heterocycles. The number of aryl methyl sites for hydroxylation is 2. The van der Waals surface area contributed by atoms with Crippen molar-refractivity contribution >= 4 is 0 Å². The van der Waals surface area contributed by atoms with Crippen LogP contribution in [0.3, 0.4) is 0 Å². The summed E-state index contributed by atoms with van der Waals surface area (Å²) >= 11 is 0. The number of hydrogen-bond acceptors (Lipinski definition) is 2. The summed E-state index contributed by atoms with van der Waals surface area (Å²) in [7, 11) is 1.89. The lowest BCUT2D eigenvalue weighted by atomic mass is 10.1. The molecule has 0 spiro atoms.